The Kier molecular flexibility index (Phi) is 7.21. The average Bonchev–Trinajstić information content (AvgIpc) is 2.56. The molecule has 26 heavy (non-hydrogen) atoms. The van der Waals surface area contributed by atoms with Crippen molar-refractivity contribution in [3.05, 3.63) is 42.1 Å². The zero-order chi connectivity index (χ0) is 20.1. The van der Waals surface area contributed by atoms with Gasteiger partial charge in [-0.2, -0.15) is 0 Å². The standard InChI is InChI=1S/C20H31NO4Si/c1-14(15(2)26(7,8)16-12-10-9-11-13-16)17(18(22)24-6)21-19(23)25-20(3,4)5/h9-14,17H,2H2,1,3-8H3,(H,21,23)/t14-,17-/m0/s1. The van der Waals surface area contributed by atoms with Gasteiger partial charge in [-0.15, -0.1) is 6.58 Å². The van der Waals surface area contributed by atoms with E-state index in [2.05, 4.69) is 37.1 Å². The van der Waals surface area contributed by atoms with Crippen LogP contribution in [0, 0.1) is 5.92 Å². The van der Waals surface area contributed by atoms with Gasteiger partial charge in [0.1, 0.15) is 19.7 Å². The summed E-state index contributed by atoms with van der Waals surface area (Å²) < 4.78 is 10.2. The van der Waals surface area contributed by atoms with Crippen LogP contribution in [0.5, 0.6) is 0 Å². The highest BCUT2D eigenvalue weighted by atomic mass is 28.3. The molecule has 0 heterocycles. The van der Waals surface area contributed by atoms with Crippen molar-refractivity contribution in [2.45, 2.75) is 52.4 Å². The van der Waals surface area contributed by atoms with Crippen LogP contribution in [0.15, 0.2) is 42.1 Å². The van der Waals surface area contributed by atoms with Crippen LogP contribution in [0.25, 0.3) is 0 Å². The second-order valence-electron chi connectivity index (χ2n) is 7.95. The predicted octanol–water partition coefficient (Wildman–Crippen LogP) is 3.40. The number of ether oxygens (including phenoxy) is 2. The molecule has 0 aliphatic rings. The van der Waals surface area contributed by atoms with Gasteiger partial charge in [-0.25, -0.2) is 9.59 Å². The van der Waals surface area contributed by atoms with Gasteiger partial charge in [-0.3, -0.25) is 0 Å². The second-order valence-corrected chi connectivity index (χ2v) is 12.4. The number of nitrogens with one attached hydrogen (secondary N) is 1. The molecule has 1 rings (SSSR count). The molecule has 0 fully saturated rings. The zero-order valence-corrected chi connectivity index (χ0v) is 17.9. The van der Waals surface area contributed by atoms with Crippen molar-refractivity contribution in [3.8, 4) is 0 Å². The fraction of sp³-hybridized carbons (Fsp3) is 0.500. The third-order valence-corrected chi connectivity index (χ3v) is 8.31. The highest BCUT2D eigenvalue weighted by Gasteiger charge is 2.37. The fourth-order valence-electron chi connectivity index (χ4n) is 2.76. The van der Waals surface area contributed by atoms with E-state index in [9.17, 15) is 9.59 Å². The summed E-state index contributed by atoms with van der Waals surface area (Å²) in [4.78, 5) is 24.5. The Bertz CT molecular complexity index is 650. The Morgan fingerprint density at radius 3 is 2.15 bits per heavy atom. The van der Waals surface area contributed by atoms with Crippen molar-refractivity contribution in [2.75, 3.05) is 7.11 Å². The lowest BCUT2D eigenvalue weighted by atomic mass is 10.0. The number of amides is 1. The Morgan fingerprint density at radius 2 is 1.69 bits per heavy atom. The van der Waals surface area contributed by atoms with Crippen LogP contribution < -0.4 is 10.5 Å². The maximum atomic E-state index is 12.3. The quantitative estimate of drug-likeness (QED) is 0.609. The first-order chi connectivity index (χ1) is 11.9. The molecule has 1 aromatic carbocycles. The first-order valence-corrected chi connectivity index (χ1v) is 11.7. The summed E-state index contributed by atoms with van der Waals surface area (Å²) in [6.45, 7) is 15.9. The Balaban J connectivity index is 3.05. The van der Waals surface area contributed by atoms with E-state index in [1.165, 1.54) is 12.3 Å². The van der Waals surface area contributed by atoms with Crippen molar-refractivity contribution in [1.82, 2.24) is 5.32 Å². The molecule has 1 N–H and O–H groups in total. The molecule has 1 amide bonds. The van der Waals surface area contributed by atoms with Crippen LogP contribution in [0.2, 0.25) is 13.1 Å². The summed E-state index contributed by atoms with van der Waals surface area (Å²) in [6.07, 6.45) is -0.647. The number of hydrogen-bond donors (Lipinski definition) is 1. The van der Waals surface area contributed by atoms with Crippen LogP contribution in [0.3, 0.4) is 0 Å². The minimum Gasteiger partial charge on any atom is -0.467 e. The molecular weight excluding hydrogens is 346 g/mol. The monoisotopic (exact) mass is 377 g/mol. The van der Waals surface area contributed by atoms with E-state index in [1.54, 1.807) is 20.8 Å². The number of carbonyl (C=O) groups is 2. The van der Waals surface area contributed by atoms with Gasteiger partial charge in [-0.05, 0) is 20.8 Å². The summed E-state index contributed by atoms with van der Waals surface area (Å²) in [5, 5.41) is 4.83. The van der Waals surface area contributed by atoms with Crippen molar-refractivity contribution < 1.29 is 19.1 Å². The fourth-order valence-corrected chi connectivity index (χ4v) is 5.46. The van der Waals surface area contributed by atoms with E-state index in [0.29, 0.717) is 0 Å². The maximum Gasteiger partial charge on any atom is 0.408 e. The van der Waals surface area contributed by atoms with Gasteiger partial charge in [0.15, 0.2) is 0 Å². The molecule has 0 aliphatic heterocycles. The van der Waals surface area contributed by atoms with Gasteiger partial charge in [0, 0.05) is 5.92 Å². The number of esters is 1. The van der Waals surface area contributed by atoms with Crippen molar-refractivity contribution in [2.24, 2.45) is 5.92 Å². The van der Waals surface area contributed by atoms with Gasteiger partial charge < -0.3 is 14.8 Å². The molecule has 1 aromatic rings. The summed E-state index contributed by atoms with van der Waals surface area (Å²) in [6, 6.07) is 9.29. The molecule has 0 bridgehead atoms. The minimum absolute atomic E-state index is 0.295. The molecule has 0 unspecified atom stereocenters. The number of hydrogen-bond acceptors (Lipinski definition) is 4. The molecule has 0 spiro atoms. The lowest BCUT2D eigenvalue weighted by Crippen LogP contribution is -2.53. The highest BCUT2D eigenvalue weighted by Crippen LogP contribution is 2.25. The molecule has 5 nitrogen and oxygen atoms in total. The zero-order valence-electron chi connectivity index (χ0n) is 16.9. The van der Waals surface area contributed by atoms with E-state index >= 15 is 0 Å². The van der Waals surface area contributed by atoms with Crippen LogP contribution in [0.1, 0.15) is 27.7 Å². The average molecular weight is 378 g/mol. The number of benzene rings is 1. The van der Waals surface area contributed by atoms with E-state index in [0.717, 1.165) is 5.20 Å². The topological polar surface area (TPSA) is 64.6 Å². The first kappa shape index (κ1) is 22.0. The maximum absolute atomic E-state index is 12.3. The largest absolute Gasteiger partial charge is 0.467 e. The Labute approximate surface area is 157 Å². The summed E-state index contributed by atoms with van der Waals surface area (Å²) in [5.74, 6) is -0.806. The van der Waals surface area contributed by atoms with Crippen molar-refractivity contribution in [1.29, 1.82) is 0 Å². The number of alkyl carbamates (subject to hydrolysis) is 1. The van der Waals surface area contributed by atoms with Crippen molar-refractivity contribution in [3.63, 3.8) is 0 Å². The SMILES string of the molecule is C=C([C@H](C)[C@H](NC(=O)OC(C)(C)C)C(=O)OC)[Si](C)(C)c1ccccc1. The number of carbonyl (C=O) groups excluding carboxylic acids is 2. The van der Waals surface area contributed by atoms with Crippen LogP contribution >= 0.6 is 0 Å². The van der Waals surface area contributed by atoms with E-state index in [1.807, 2.05) is 25.1 Å². The van der Waals surface area contributed by atoms with Gasteiger partial charge in [0.25, 0.3) is 0 Å². The van der Waals surface area contributed by atoms with Crippen LogP contribution in [-0.2, 0) is 14.3 Å². The molecule has 2 atom stereocenters. The lowest BCUT2D eigenvalue weighted by molar-refractivity contribution is -0.144. The van der Waals surface area contributed by atoms with Crippen LogP contribution in [-0.4, -0.2) is 38.9 Å². The molecule has 0 radical (unpaired) electrons. The molecular formula is C20H31NO4Si. The summed E-state index contributed by atoms with van der Waals surface area (Å²) in [7, 11) is -0.753. The number of rotatable bonds is 6. The predicted molar refractivity (Wildman–Crippen MR) is 107 cm³/mol. The summed E-state index contributed by atoms with van der Waals surface area (Å²) >= 11 is 0. The lowest BCUT2D eigenvalue weighted by Gasteiger charge is -2.33. The Morgan fingerprint density at radius 1 is 1.15 bits per heavy atom. The molecule has 0 saturated carbocycles. The smallest absolute Gasteiger partial charge is 0.408 e. The molecule has 0 saturated heterocycles. The molecule has 144 valence electrons. The van der Waals surface area contributed by atoms with Crippen LogP contribution in [0.4, 0.5) is 4.79 Å². The number of methoxy groups -OCH3 is 1. The molecule has 6 heteroatoms. The van der Waals surface area contributed by atoms with E-state index in [4.69, 9.17) is 9.47 Å². The van der Waals surface area contributed by atoms with Crippen molar-refractivity contribution >= 4 is 25.3 Å². The first-order valence-electron chi connectivity index (χ1n) is 8.72. The van der Waals surface area contributed by atoms with Gasteiger partial charge in [-0.1, -0.05) is 60.7 Å². The molecule has 0 aromatic heterocycles. The second kappa shape index (κ2) is 8.53. The van der Waals surface area contributed by atoms with E-state index < -0.39 is 31.8 Å². The minimum atomic E-state index is -2.06. The van der Waals surface area contributed by atoms with Gasteiger partial charge in [0.05, 0.1) is 7.11 Å². The third-order valence-electron chi connectivity index (χ3n) is 4.48. The summed E-state index contributed by atoms with van der Waals surface area (Å²) in [5.41, 5.74) is -0.650. The third kappa shape index (κ3) is 5.73. The highest BCUT2D eigenvalue weighted by molar-refractivity contribution is 6.95. The normalized spacial score (nSPS) is 14.1. The van der Waals surface area contributed by atoms with E-state index in [-0.39, 0.29) is 5.92 Å². The Hall–Kier alpha value is -2.08. The van der Waals surface area contributed by atoms with Gasteiger partial charge in [0.2, 0.25) is 0 Å². The molecule has 0 aliphatic carbocycles. The van der Waals surface area contributed by atoms with Gasteiger partial charge >= 0.3 is 12.1 Å².